The lowest BCUT2D eigenvalue weighted by molar-refractivity contribution is -0.384. The molecule has 0 unspecified atom stereocenters. The van der Waals surface area contributed by atoms with Crippen LogP contribution in [0.3, 0.4) is 0 Å². The molecule has 0 saturated heterocycles. The van der Waals surface area contributed by atoms with Crippen molar-refractivity contribution in [2.24, 2.45) is 0 Å². The topological polar surface area (TPSA) is 102 Å². The molecule has 0 amide bonds. The van der Waals surface area contributed by atoms with E-state index in [0.29, 0.717) is 10.9 Å². The van der Waals surface area contributed by atoms with Gasteiger partial charge in [0.2, 0.25) is 0 Å². The first kappa shape index (κ1) is 18.1. The average molecular weight is 374 g/mol. The van der Waals surface area contributed by atoms with Crippen LogP contribution in [0.15, 0.2) is 53.6 Å². The van der Waals surface area contributed by atoms with E-state index in [2.05, 4.69) is 0 Å². The minimum atomic E-state index is -3.89. The molecule has 3 rings (SSSR count). The lowest BCUT2D eigenvalue weighted by atomic mass is 10.0. The van der Waals surface area contributed by atoms with E-state index in [1.165, 1.54) is 24.4 Å². The van der Waals surface area contributed by atoms with Crippen LogP contribution in [0.4, 0.5) is 5.69 Å². The Balaban J connectivity index is 2.18. The van der Waals surface area contributed by atoms with E-state index in [0.717, 1.165) is 9.54 Å². The zero-order valence-electron chi connectivity index (χ0n) is 14.3. The molecule has 0 atom stereocenters. The van der Waals surface area contributed by atoms with E-state index in [9.17, 15) is 23.6 Å². The molecule has 1 aromatic heterocycles. The Kier molecular flexibility index (Phi) is 4.55. The second-order valence-corrected chi connectivity index (χ2v) is 8.11. The summed E-state index contributed by atoms with van der Waals surface area (Å²) < 4.78 is 27.1. The lowest BCUT2D eigenvalue weighted by Crippen LogP contribution is -2.12. The number of hydrogen-bond donors (Lipinski definition) is 1. The molecule has 1 N–H and O–H groups in total. The minimum absolute atomic E-state index is 0.113. The first-order chi connectivity index (χ1) is 12.3. The van der Waals surface area contributed by atoms with Crippen LogP contribution in [0.25, 0.3) is 10.9 Å². The zero-order chi connectivity index (χ0) is 19.1. The van der Waals surface area contributed by atoms with Crippen molar-refractivity contribution in [2.75, 3.05) is 0 Å². The first-order valence-corrected chi connectivity index (χ1v) is 9.44. The van der Waals surface area contributed by atoms with Crippen molar-refractivity contribution < 1.29 is 18.4 Å². The Labute approximate surface area is 150 Å². The fourth-order valence-electron chi connectivity index (χ4n) is 2.83. The van der Waals surface area contributed by atoms with Crippen molar-refractivity contribution in [1.82, 2.24) is 3.97 Å². The summed E-state index contributed by atoms with van der Waals surface area (Å²) in [6, 6.07) is 10.5. The SMILES string of the molecule is CC(C)c1ccc(S(=O)(=O)n2cc(CO)c3cc([N+](=O)[O-])ccc32)cc1. The third-order valence-corrected chi connectivity index (χ3v) is 6.01. The van der Waals surface area contributed by atoms with Gasteiger partial charge in [0.25, 0.3) is 15.7 Å². The van der Waals surface area contributed by atoms with Gasteiger partial charge >= 0.3 is 0 Å². The fourth-order valence-corrected chi connectivity index (χ4v) is 4.22. The molecule has 0 radical (unpaired) electrons. The smallest absolute Gasteiger partial charge is 0.270 e. The van der Waals surface area contributed by atoms with Gasteiger partial charge in [-0.3, -0.25) is 10.1 Å². The fraction of sp³-hybridized carbons (Fsp3) is 0.222. The summed E-state index contributed by atoms with van der Waals surface area (Å²) in [5, 5.41) is 20.8. The van der Waals surface area contributed by atoms with Crippen LogP contribution in [-0.4, -0.2) is 22.4 Å². The molecule has 8 heteroatoms. The maximum absolute atomic E-state index is 13.0. The molecule has 2 aromatic carbocycles. The van der Waals surface area contributed by atoms with E-state index >= 15 is 0 Å². The van der Waals surface area contributed by atoms with Gasteiger partial charge in [0, 0.05) is 29.3 Å². The largest absolute Gasteiger partial charge is 0.392 e. The Morgan fingerprint density at radius 3 is 2.35 bits per heavy atom. The molecular formula is C18H18N2O5S. The van der Waals surface area contributed by atoms with Crippen LogP contribution in [0.1, 0.15) is 30.9 Å². The molecule has 0 aliphatic rings. The number of nitrogens with zero attached hydrogens (tertiary/aromatic N) is 2. The Hall–Kier alpha value is -2.71. The van der Waals surface area contributed by atoms with Crippen molar-refractivity contribution in [3.8, 4) is 0 Å². The maximum atomic E-state index is 13.0. The number of rotatable bonds is 5. The van der Waals surface area contributed by atoms with Gasteiger partial charge in [0.1, 0.15) is 0 Å². The predicted molar refractivity (Wildman–Crippen MR) is 97.6 cm³/mol. The summed E-state index contributed by atoms with van der Waals surface area (Å²) in [5.74, 6) is 0.278. The summed E-state index contributed by atoms with van der Waals surface area (Å²) in [5.41, 5.74) is 1.45. The molecular weight excluding hydrogens is 356 g/mol. The number of nitro groups is 1. The highest BCUT2D eigenvalue weighted by atomic mass is 32.2. The Morgan fingerprint density at radius 2 is 1.81 bits per heavy atom. The summed E-state index contributed by atoms with van der Waals surface area (Å²) in [6.45, 7) is 3.61. The highest BCUT2D eigenvalue weighted by Crippen LogP contribution is 2.29. The van der Waals surface area contributed by atoms with E-state index in [4.69, 9.17) is 0 Å². The molecule has 0 fully saturated rings. The van der Waals surface area contributed by atoms with Crippen LogP contribution in [-0.2, 0) is 16.6 Å². The zero-order valence-corrected chi connectivity index (χ0v) is 15.1. The van der Waals surface area contributed by atoms with Crippen molar-refractivity contribution in [3.05, 3.63) is 69.9 Å². The molecule has 0 aliphatic heterocycles. The highest BCUT2D eigenvalue weighted by Gasteiger charge is 2.22. The summed E-state index contributed by atoms with van der Waals surface area (Å²) >= 11 is 0. The van der Waals surface area contributed by atoms with Gasteiger partial charge in [-0.05, 0) is 29.7 Å². The maximum Gasteiger partial charge on any atom is 0.270 e. The van der Waals surface area contributed by atoms with Crippen LogP contribution >= 0.6 is 0 Å². The predicted octanol–water partition coefficient (Wildman–Crippen LogP) is 3.40. The van der Waals surface area contributed by atoms with Gasteiger partial charge in [-0.2, -0.15) is 0 Å². The standard InChI is InChI=1S/C18H18N2O5S/c1-12(2)13-3-6-16(7-4-13)26(24,25)19-10-14(11-21)17-9-15(20(22)23)5-8-18(17)19/h3-10,12,21H,11H2,1-2H3. The van der Waals surface area contributed by atoms with E-state index in [-0.39, 0.29) is 22.0 Å². The molecule has 0 bridgehead atoms. The van der Waals surface area contributed by atoms with Crippen molar-refractivity contribution in [1.29, 1.82) is 0 Å². The van der Waals surface area contributed by atoms with E-state index in [1.807, 2.05) is 13.8 Å². The first-order valence-electron chi connectivity index (χ1n) is 8.00. The monoisotopic (exact) mass is 374 g/mol. The molecule has 0 saturated carbocycles. The number of hydrogen-bond acceptors (Lipinski definition) is 5. The third-order valence-electron chi connectivity index (χ3n) is 4.32. The van der Waals surface area contributed by atoms with Gasteiger partial charge < -0.3 is 5.11 Å². The van der Waals surface area contributed by atoms with Crippen molar-refractivity contribution in [2.45, 2.75) is 31.3 Å². The molecule has 136 valence electrons. The van der Waals surface area contributed by atoms with Crippen molar-refractivity contribution in [3.63, 3.8) is 0 Å². The Bertz CT molecular complexity index is 1080. The van der Waals surface area contributed by atoms with Gasteiger partial charge in [0.15, 0.2) is 0 Å². The number of nitro benzene ring substituents is 1. The molecule has 1 heterocycles. The third kappa shape index (κ3) is 2.97. The van der Waals surface area contributed by atoms with Crippen molar-refractivity contribution >= 4 is 26.6 Å². The highest BCUT2D eigenvalue weighted by molar-refractivity contribution is 7.90. The quantitative estimate of drug-likeness (QED) is 0.545. The summed E-state index contributed by atoms with van der Waals surface area (Å²) in [6.07, 6.45) is 1.31. The number of fused-ring (bicyclic) bond motifs is 1. The number of benzene rings is 2. The van der Waals surface area contributed by atoms with Crippen LogP contribution in [0, 0.1) is 10.1 Å². The number of aromatic nitrogens is 1. The second kappa shape index (κ2) is 6.54. The van der Waals surface area contributed by atoms with Gasteiger partial charge in [-0.25, -0.2) is 12.4 Å². The number of aliphatic hydroxyl groups is 1. The molecule has 0 spiro atoms. The van der Waals surface area contributed by atoms with Gasteiger partial charge in [-0.1, -0.05) is 26.0 Å². The normalized spacial score (nSPS) is 12.0. The molecule has 26 heavy (non-hydrogen) atoms. The average Bonchev–Trinajstić information content (AvgIpc) is 3.00. The number of non-ortho nitro benzene ring substituents is 1. The van der Waals surface area contributed by atoms with Crippen LogP contribution in [0.5, 0.6) is 0 Å². The molecule has 3 aromatic rings. The Morgan fingerprint density at radius 1 is 1.15 bits per heavy atom. The van der Waals surface area contributed by atoms with Crippen LogP contribution < -0.4 is 0 Å². The molecule has 0 aliphatic carbocycles. The molecule has 7 nitrogen and oxygen atoms in total. The van der Waals surface area contributed by atoms with E-state index in [1.54, 1.807) is 24.3 Å². The van der Waals surface area contributed by atoms with Gasteiger partial charge in [0.05, 0.1) is 21.9 Å². The summed E-state index contributed by atoms with van der Waals surface area (Å²) in [4.78, 5) is 10.5. The summed E-state index contributed by atoms with van der Waals surface area (Å²) in [7, 11) is -3.89. The number of aliphatic hydroxyl groups excluding tert-OH is 1. The lowest BCUT2D eigenvalue weighted by Gasteiger charge is -2.10. The van der Waals surface area contributed by atoms with E-state index < -0.39 is 21.6 Å². The second-order valence-electron chi connectivity index (χ2n) is 6.30. The minimum Gasteiger partial charge on any atom is -0.392 e. The van der Waals surface area contributed by atoms with Crippen LogP contribution in [0.2, 0.25) is 0 Å². The van der Waals surface area contributed by atoms with Gasteiger partial charge in [-0.15, -0.1) is 0 Å².